The van der Waals surface area contributed by atoms with Gasteiger partial charge in [-0.05, 0) is 60.3 Å². The molecule has 1 aliphatic rings. The second-order valence-electron chi connectivity index (χ2n) is 8.48. The van der Waals surface area contributed by atoms with Crippen molar-refractivity contribution in [2.75, 3.05) is 12.4 Å². The number of hydrogen-bond acceptors (Lipinski definition) is 4. The van der Waals surface area contributed by atoms with Crippen LogP contribution in [0.4, 0.5) is 10.3 Å². The predicted molar refractivity (Wildman–Crippen MR) is 132 cm³/mol. The van der Waals surface area contributed by atoms with E-state index in [9.17, 15) is 4.39 Å². The Bertz CT molecular complexity index is 1500. The largest absolute Gasteiger partial charge is 0.357 e. The van der Waals surface area contributed by atoms with Crippen LogP contribution in [0.5, 0.6) is 0 Å². The normalized spacial score (nSPS) is 15.1. The Morgan fingerprint density at radius 1 is 1.09 bits per heavy atom. The first-order valence-electron chi connectivity index (χ1n) is 11.2. The molecule has 1 atom stereocenters. The summed E-state index contributed by atoms with van der Waals surface area (Å²) in [5.74, 6) is 1.28. The third kappa shape index (κ3) is 3.53. The molecule has 5 aromatic rings. The zero-order valence-electron chi connectivity index (χ0n) is 18.5. The second kappa shape index (κ2) is 8.25. The van der Waals surface area contributed by atoms with Gasteiger partial charge in [-0.1, -0.05) is 17.7 Å². The van der Waals surface area contributed by atoms with Crippen LogP contribution in [0.25, 0.3) is 33.5 Å². The summed E-state index contributed by atoms with van der Waals surface area (Å²) in [7, 11) is 1.80. The molecule has 4 heterocycles. The van der Waals surface area contributed by atoms with Gasteiger partial charge in [-0.2, -0.15) is 0 Å². The molecule has 1 unspecified atom stereocenters. The molecule has 0 aliphatic carbocycles. The summed E-state index contributed by atoms with van der Waals surface area (Å²) in [5, 5.41) is 4.90. The van der Waals surface area contributed by atoms with Gasteiger partial charge in [0.25, 0.3) is 0 Å². The fourth-order valence-electron chi connectivity index (χ4n) is 4.85. The number of imidazole rings is 1. The van der Waals surface area contributed by atoms with Crippen LogP contribution >= 0.6 is 11.6 Å². The molecule has 0 bridgehead atoms. The Balaban J connectivity index is 1.49. The van der Waals surface area contributed by atoms with Gasteiger partial charge in [-0.25, -0.2) is 19.3 Å². The summed E-state index contributed by atoms with van der Waals surface area (Å²) in [4.78, 5) is 14.0. The van der Waals surface area contributed by atoms with Gasteiger partial charge < -0.3 is 14.5 Å². The molecule has 34 heavy (non-hydrogen) atoms. The number of benzene rings is 2. The molecule has 0 saturated heterocycles. The minimum Gasteiger partial charge on any atom is -0.357 e. The highest BCUT2D eigenvalue weighted by Crippen LogP contribution is 2.40. The van der Waals surface area contributed by atoms with Crippen molar-refractivity contribution in [3.05, 3.63) is 83.7 Å². The van der Waals surface area contributed by atoms with Crippen LogP contribution in [0.2, 0.25) is 5.02 Å². The topological polar surface area (TPSA) is 60.6 Å². The minimum atomic E-state index is -0.271. The summed E-state index contributed by atoms with van der Waals surface area (Å²) < 4.78 is 18.2. The van der Waals surface area contributed by atoms with Crippen molar-refractivity contribution in [2.45, 2.75) is 25.4 Å². The van der Waals surface area contributed by atoms with Gasteiger partial charge in [0.1, 0.15) is 11.6 Å². The monoisotopic (exact) mass is 472 g/mol. The lowest BCUT2D eigenvalue weighted by atomic mass is 10.1. The highest BCUT2D eigenvalue weighted by atomic mass is 35.5. The van der Waals surface area contributed by atoms with Crippen molar-refractivity contribution in [3.63, 3.8) is 0 Å². The maximum absolute atomic E-state index is 13.6. The van der Waals surface area contributed by atoms with E-state index in [1.165, 1.54) is 12.1 Å². The lowest BCUT2D eigenvalue weighted by Gasteiger charge is -2.19. The zero-order valence-corrected chi connectivity index (χ0v) is 19.3. The van der Waals surface area contributed by atoms with E-state index in [1.807, 2.05) is 24.3 Å². The van der Waals surface area contributed by atoms with Gasteiger partial charge in [0, 0.05) is 48.5 Å². The highest BCUT2D eigenvalue weighted by Gasteiger charge is 2.31. The minimum absolute atomic E-state index is 0.189. The molecule has 170 valence electrons. The Kier molecular flexibility index (Phi) is 5.07. The number of nitrogens with zero attached hydrogens (tertiary/aromatic N) is 5. The number of anilines is 1. The van der Waals surface area contributed by atoms with Crippen molar-refractivity contribution in [3.8, 4) is 22.6 Å². The van der Waals surface area contributed by atoms with Crippen LogP contribution in [-0.4, -0.2) is 31.1 Å². The van der Waals surface area contributed by atoms with Gasteiger partial charge >= 0.3 is 0 Å². The van der Waals surface area contributed by atoms with Gasteiger partial charge in [-0.3, -0.25) is 0 Å². The highest BCUT2D eigenvalue weighted by molar-refractivity contribution is 6.31. The van der Waals surface area contributed by atoms with Crippen molar-refractivity contribution in [2.24, 2.45) is 0 Å². The smallest absolute Gasteiger partial charge is 0.222 e. The van der Waals surface area contributed by atoms with Crippen molar-refractivity contribution < 1.29 is 4.39 Å². The Labute approximate surface area is 201 Å². The first-order valence-corrected chi connectivity index (χ1v) is 11.6. The van der Waals surface area contributed by atoms with E-state index in [-0.39, 0.29) is 11.9 Å². The van der Waals surface area contributed by atoms with E-state index in [4.69, 9.17) is 21.6 Å². The molecule has 2 aromatic carbocycles. The molecule has 0 spiro atoms. The Morgan fingerprint density at radius 3 is 2.76 bits per heavy atom. The van der Waals surface area contributed by atoms with Crippen molar-refractivity contribution in [1.29, 1.82) is 0 Å². The molecule has 6 rings (SSSR count). The molecule has 0 fully saturated rings. The number of halogens is 2. The number of aromatic nitrogens is 5. The van der Waals surface area contributed by atoms with E-state index in [0.717, 1.165) is 63.8 Å². The molecule has 8 heteroatoms. The Hall–Kier alpha value is -3.71. The summed E-state index contributed by atoms with van der Waals surface area (Å²) >= 11 is 6.29. The van der Waals surface area contributed by atoms with Crippen molar-refractivity contribution in [1.82, 2.24) is 24.1 Å². The molecule has 3 aromatic heterocycles. The molecular formula is C26H22ClFN6. The second-order valence-corrected chi connectivity index (χ2v) is 8.92. The summed E-state index contributed by atoms with van der Waals surface area (Å²) in [5.41, 5.74) is 4.49. The number of fused-ring (bicyclic) bond motifs is 2. The Morgan fingerprint density at radius 2 is 1.94 bits per heavy atom. The SMILES string of the molecule is CNc1nccc(-c2c(-c3ccc(F)cc3)nc3n2C(Cn2ccc4ccc(Cl)cc42)CC3)n1. The van der Waals surface area contributed by atoms with E-state index in [0.29, 0.717) is 5.95 Å². The molecule has 0 saturated carbocycles. The van der Waals surface area contributed by atoms with Gasteiger partial charge in [0.05, 0.1) is 23.1 Å². The van der Waals surface area contributed by atoms with Gasteiger partial charge in [-0.15, -0.1) is 0 Å². The van der Waals surface area contributed by atoms with Crippen molar-refractivity contribution >= 4 is 28.5 Å². The number of aryl methyl sites for hydroxylation is 1. The third-order valence-electron chi connectivity index (χ3n) is 6.43. The first kappa shape index (κ1) is 20.9. The standard InChI is InChI=1S/C26H22ClFN6/c1-29-26-30-12-10-21(31-26)25-24(17-3-6-19(28)7-4-17)32-23-9-8-20(34(23)25)15-33-13-11-16-2-5-18(27)14-22(16)33/h2-7,10-14,20H,8-9,15H2,1H3,(H,29,30,31). The summed E-state index contributed by atoms with van der Waals surface area (Å²) in [6, 6.07) is 16.7. The van der Waals surface area contributed by atoms with Crippen LogP contribution in [0, 0.1) is 5.82 Å². The van der Waals surface area contributed by atoms with Gasteiger partial charge in [0.15, 0.2) is 0 Å². The van der Waals surface area contributed by atoms with Crippen LogP contribution < -0.4 is 5.32 Å². The quantitative estimate of drug-likeness (QED) is 0.341. The fraction of sp³-hybridized carbons (Fsp3) is 0.192. The average Bonchev–Trinajstić information content (AvgIpc) is 3.54. The predicted octanol–water partition coefficient (Wildman–Crippen LogP) is 5.98. The summed E-state index contributed by atoms with van der Waals surface area (Å²) in [6.45, 7) is 0.785. The van der Waals surface area contributed by atoms with Crippen LogP contribution in [0.1, 0.15) is 18.3 Å². The zero-order chi connectivity index (χ0) is 23.2. The van der Waals surface area contributed by atoms with E-state index < -0.39 is 0 Å². The molecule has 0 amide bonds. The molecule has 6 nitrogen and oxygen atoms in total. The number of rotatable bonds is 5. The molecular weight excluding hydrogens is 451 g/mol. The third-order valence-corrected chi connectivity index (χ3v) is 6.67. The van der Waals surface area contributed by atoms with E-state index in [1.54, 1.807) is 25.4 Å². The number of nitrogens with one attached hydrogen (secondary N) is 1. The van der Waals surface area contributed by atoms with Gasteiger partial charge in [0.2, 0.25) is 5.95 Å². The molecule has 0 radical (unpaired) electrons. The molecule has 1 N–H and O–H groups in total. The van der Waals surface area contributed by atoms with Crippen LogP contribution in [0.15, 0.2) is 67.0 Å². The molecule has 1 aliphatic heterocycles. The first-order chi connectivity index (χ1) is 16.6. The summed E-state index contributed by atoms with van der Waals surface area (Å²) in [6.07, 6.45) is 5.69. The maximum Gasteiger partial charge on any atom is 0.222 e. The van der Waals surface area contributed by atoms with Crippen LogP contribution in [0.3, 0.4) is 0 Å². The maximum atomic E-state index is 13.6. The average molecular weight is 473 g/mol. The van der Waals surface area contributed by atoms with Crippen LogP contribution in [-0.2, 0) is 13.0 Å². The van der Waals surface area contributed by atoms with E-state index in [2.05, 4.69) is 31.7 Å². The fourth-order valence-corrected chi connectivity index (χ4v) is 5.02. The van der Waals surface area contributed by atoms with E-state index >= 15 is 0 Å². The number of hydrogen-bond donors (Lipinski definition) is 1. The lowest BCUT2D eigenvalue weighted by molar-refractivity contribution is 0.459. The lowest BCUT2D eigenvalue weighted by Crippen LogP contribution is -2.13.